The van der Waals surface area contributed by atoms with Gasteiger partial charge in [0.1, 0.15) is 0 Å². The highest BCUT2D eigenvalue weighted by atomic mass is 35.5. The molecule has 1 aliphatic carbocycles. The Hall–Kier alpha value is -1.88. The monoisotopic (exact) mass is 467 g/mol. The molecule has 1 aliphatic heterocycles. The fourth-order valence-corrected chi connectivity index (χ4v) is 5.59. The van der Waals surface area contributed by atoms with Crippen LogP contribution < -0.4 is 0 Å². The van der Waals surface area contributed by atoms with Crippen LogP contribution in [-0.4, -0.2) is 66.4 Å². The number of carbonyl (C=O) groups excluding carboxylic acids is 1. The maximum absolute atomic E-state index is 12.9. The number of rotatable bonds is 8. The Morgan fingerprint density at radius 1 is 0.939 bits per heavy atom. The summed E-state index contributed by atoms with van der Waals surface area (Å²) in [6, 6.07) is 19.7. The molecule has 4 rings (SSSR count). The predicted molar refractivity (Wildman–Crippen MR) is 137 cm³/mol. The average Bonchev–Trinajstić information content (AvgIpc) is 2.87. The van der Waals surface area contributed by atoms with E-state index in [0.717, 1.165) is 50.2 Å². The van der Waals surface area contributed by atoms with Gasteiger partial charge in [-0.25, -0.2) is 0 Å². The van der Waals surface area contributed by atoms with E-state index in [4.69, 9.17) is 11.6 Å². The lowest BCUT2D eigenvalue weighted by molar-refractivity contribution is -0.133. The SMILES string of the molecule is CN(CCCC(=O)N1CCN(C(c2ccccc2)c2ccc(Cl)cc2)CC1)C1CCCCC1. The van der Waals surface area contributed by atoms with Crippen molar-refractivity contribution in [2.45, 2.75) is 57.0 Å². The van der Waals surface area contributed by atoms with E-state index in [1.807, 2.05) is 12.1 Å². The van der Waals surface area contributed by atoms with Crippen molar-refractivity contribution >= 4 is 17.5 Å². The fraction of sp³-hybridized carbons (Fsp3) is 0.536. The molecule has 0 N–H and O–H groups in total. The molecule has 0 bridgehead atoms. The number of carbonyl (C=O) groups is 1. The highest BCUT2D eigenvalue weighted by molar-refractivity contribution is 6.30. The summed E-state index contributed by atoms with van der Waals surface area (Å²) in [7, 11) is 2.24. The Bertz CT molecular complexity index is 858. The first-order valence-electron chi connectivity index (χ1n) is 12.6. The maximum atomic E-state index is 12.9. The van der Waals surface area contributed by atoms with Crippen LogP contribution in [0.15, 0.2) is 54.6 Å². The van der Waals surface area contributed by atoms with E-state index >= 15 is 0 Å². The summed E-state index contributed by atoms with van der Waals surface area (Å²) in [5, 5.41) is 0.759. The van der Waals surface area contributed by atoms with Crippen molar-refractivity contribution in [3.05, 3.63) is 70.7 Å². The van der Waals surface area contributed by atoms with E-state index < -0.39 is 0 Å². The number of piperazine rings is 1. The predicted octanol–water partition coefficient (Wildman–Crippen LogP) is 5.62. The molecule has 5 heteroatoms. The first-order chi connectivity index (χ1) is 16.1. The number of amides is 1. The molecule has 33 heavy (non-hydrogen) atoms. The molecule has 1 saturated heterocycles. The van der Waals surface area contributed by atoms with Crippen molar-refractivity contribution < 1.29 is 4.79 Å². The minimum Gasteiger partial charge on any atom is -0.340 e. The molecule has 1 unspecified atom stereocenters. The summed E-state index contributed by atoms with van der Waals surface area (Å²) in [5.74, 6) is 0.314. The quantitative estimate of drug-likeness (QED) is 0.504. The van der Waals surface area contributed by atoms with Gasteiger partial charge in [0.2, 0.25) is 5.91 Å². The molecule has 1 saturated carbocycles. The van der Waals surface area contributed by atoms with Crippen LogP contribution in [-0.2, 0) is 4.79 Å². The lowest BCUT2D eigenvalue weighted by Crippen LogP contribution is -2.50. The third-order valence-electron chi connectivity index (χ3n) is 7.43. The summed E-state index contributed by atoms with van der Waals surface area (Å²) >= 11 is 6.15. The van der Waals surface area contributed by atoms with Gasteiger partial charge in [0, 0.05) is 43.7 Å². The molecular formula is C28H38ClN3O. The van der Waals surface area contributed by atoms with E-state index in [2.05, 4.69) is 64.2 Å². The fourth-order valence-electron chi connectivity index (χ4n) is 5.47. The molecule has 1 heterocycles. The highest BCUT2D eigenvalue weighted by Gasteiger charge is 2.28. The first kappa shape index (κ1) is 24.3. The van der Waals surface area contributed by atoms with Crippen LogP contribution in [0, 0.1) is 0 Å². The summed E-state index contributed by atoms with van der Waals surface area (Å²) < 4.78 is 0. The van der Waals surface area contributed by atoms with Crippen molar-refractivity contribution in [3.8, 4) is 0 Å². The van der Waals surface area contributed by atoms with Gasteiger partial charge in [-0.15, -0.1) is 0 Å². The molecule has 1 amide bonds. The van der Waals surface area contributed by atoms with Crippen LogP contribution in [0.3, 0.4) is 0 Å². The third-order valence-corrected chi connectivity index (χ3v) is 7.68. The van der Waals surface area contributed by atoms with Gasteiger partial charge in [-0.05, 0) is 56.1 Å². The zero-order chi connectivity index (χ0) is 23.0. The third kappa shape index (κ3) is 6.59. The van der Waals surface area contributed by atoms with Crippen LogP contribution in [0.4, 0.5) is 0 Å². The van der Waals surface area contributed by atoms with Crippen LogP contribution in [0.5, 0.6) is 0 Å². The molecule has 178 valence electrons. The van der Waals surface area contributed by atoms with Gasteiger partial charge in [0.15, 0.2) is 0 Å². The summed E-state index contributed by atoms with van der Waals surface area (Å²) in [6.45, 7) is 4.40. The molecular weight excluding hydrogens is 430 g/mol. The number of hydrogen-bond donors (Lipinski definition) is 0. The topological polar surface area (TPSA) is 26.8 Å². The zero-order valence-electron chi connectivity index (χ0n) is 20.0. The molecule has 4 nitrogen and oxygen atoms in total. The zero-order valence-corrected chi connectivity index (χ0v) is 20.7. The molecule has 2 aromatic carbocycles. The minimum absolute atomic E-state index is 0.185. The lowest BCUT2D eigenvalue weighted by Gasteiger charge is -2.40. The van der Waals surface area contributed by atoms with E-state index in [1.54, 1.807) is 0 Å². The Kier molecular flexibility index (Phi) is 8.82. The van der Waals surface area contributed by atoms with Gasteiger partial charge in [-0.3, -0.25) is 9.69 Å². The van der Waals surface area contributed by atoms with Gasteiger partial charge >= 0.3 is 0 Å². The van der Waals surface area contributed by atoms with Crippen molar-refractivity contribution in [2.24, 2.45) is 0 Å². The first-order valence-corrected chi connectivity index (χ1v) is 13.0. The summed E-state index contributed by atoms with van der Waals surface area (Å²) in [4.78, 5) is 19.9. The Labute approximate surface area is 204 Å². The number of nitrogens with zero attached hydrogens (tertiary/aromatic N) is 3. The van der Waals surface area contributed by atoms with Crippen molar-refractivity contribution in [1.29, 1.82) is 0 Å². The second kappa shape index (κ2) is 12.0. The average molecular weight is 468 g/mol. The molecule has 0 radical (unpaired) electrons. The molecule has 0 spiro atoms. The van der Waals surface area contributed by atoms with Gasteiger partial charge in [0.05, 0.1) is 6.04 Å². The number of halogens is 1. The largest absolute Gasteiger partial charge is 0.340 e. The molecule has 0 aromatic heterocycles. The Balaban J connectivity index is 1.30. The summed E-state index contributed by atoms with van der Waals surface area (Å²) in [6.07, 6.45) is 8.37. The van der Waals surface area contributed by atoms with Gasteiger partial charge in [-0.1, -0.05) is 73.3 Å². The van der Waals surface area contributed by atoms with E-state index in [0.29, 0.717) is 12.3 Å². The Morgan fingerprint density at radius 2 is 1.58 bits per heavy atom. The van der Waals surface area contributed by atoms with Crippen LogP contribution in [0.25, 0.3) is 0 Å². The second-order valence-electron chi connectivity index (χ2n) is 9.66. The smallest absolute Gasteiger partial charge is 0.222 e. The van der Waals surface area contributed by atoms with Crippen LogP contribution in [0.1, 0.15) is 62.1 Å². The van der Waals surface area contributed by atoms with Gasteiger partial charge < -0.3 is 9.80 Å². The standard InChI is InChI=1S/C28H38ClN3O/c1-30(26-11-6-3-7-12-26)18-8-13-27(33)31-19-21-32(22-20-31)28(23-9-4-2-5-10-23)24-14-16-25(29)17-15-24/h2,4-5,9-10,14-17,26,28H,3,6-8,11-13,18-22H2,1H3. The molecule has 2 aliphatic rings. The number of hydrogen-bond acceptors (Lipinski definition) is 3. The molecule has 2 fully saturated rings. The summed E-state index contributed by atoms with van der Waals surface area (Å²) in [5.41, 5.74) is 2.53. The minimum atomic E-state index is 0.185. The Morgan fingerprint density at radius 3 is 2.24 bits per heavy atom. The van der Waals surface area contributed by atoms with E-state index in [1.165, 1.54) is 43.2 Å². The highest BCUT2D eigenvalue weighted by Crippen LogP contribution is 2.30. The van der Waals surface area contributed by atoms with Crippen molar-refractivity contribution in [1.82, 2.24) is 14.7 Å². The second-order valence-corrected chi connectivity index (χ2v) is 10.1. The number of benzene rings is 2. The normalized spacial score (nSPS) is 19.1. The van der Waals surface area contributed by atoms with E-state index in [9.17, 15) is 4.79 Å². The van der Waals surface area contributed by atoms with Crippen LogP contribution >= 0.6 is 11.6 Å². The van der Waals surface area contributed by atoms with Crippen LogP contribution in [0.2, 0.25) is 5.02 Å². The molecule has 1 atom stereocenters. The van der Waals surface area contributed by atoms with Gasteiger partial charge in [-0.2, -0.15) is 0 Å². The van der Waals surface area contributed by atoms with Gasteiger partial charge in [0.25, 0.3) is 0 Å². The van der Waals surface area contributed by atoms with E-state index in [-0.39, 0.29) is 6.04 Å². The van der Waals surface area contributed by atoms with Crippen molar-refractivity contribution in [2.75, 3.05) is 39.8 Å². The maximum Gasteiger partial charge on any atom is 0.222 e. The van der Waals surface area contributed by atoms with Crippen molar-refractivity contribution in [3.63, 3.8) is 0 Å². The molecule has 2 aromatic rings. The lowest BCUT2D eigenvalue weighted by atomic mass is 9.94.